The van der Waals surface area contributed by atoms with Crippen LogP contribution in [0.4, 0.5) is 24.7 Å². The summed E-state index contributed by atoms with van der Waals surface area (Å²) in [6.07, 6.45) is -4.32. The van der Waals surface area contributed by atoms with Crippen LogP contribution in [0.1, 0.15) is 19.4 Å². The number of aromatic nitrogens is 2. The van der Waals surface area contributed by atoms with Crippen molar-refractivity contribution in [2.45, 2.75) is 36.1 Å². The predicted octanol–water partition coefficient (Wildman–Crippen LogP) is 2.71. The van der Waals surface area contributed by atoms with Gasteiger partial charge in [0.25, 0.3) is 0 Å². The fraction of sp³-hybridized carbons (Fsp3) is 0.286. The van der Waals surface area contributed by atoms with Crippen molar-refractivity contribution in [2.75, 3.05) is 5.32 Å². The molecule has 0 saturated carbocycles. The fourth-order valence-corrected chi connectivity index (χ4v) is 3.65. The first kappa shape index (κ1) is 20.1. The van der Waals surface area contributed by atoms with Crippen LogP contribution in [0, 0.1) is 0 Å². The summed E-state index contributed by atoms with van der Waals surface area (Å²) in [5, 5.41) is 1.93. The number of benzene rings is 1. The average Bonchev–Trinajstić information content (AvgIpc) is 2.53. The first-order valence-corrected chi connectivity index (χ1v) is 9.39. The molecule has 140 valence electrons. The Labute approximate surface area is 151 Å². The SMILES string of the molecule is CC(C)NS(=O)(=O)c1ccccc1Nc1nc([S+]=O)ncc1C(F)(F)F. The Hall–Kier alpha value is -2.18. The molecular formula is C14H14F3N4O3S2+. The third kappa shape index (κ3) is 4.71. The zero-order chi connectivity index (χ0) is 19.5. The van der Waals surface area contributed by atoms with Crippen molar-refractivity contribution < 1.29 is 25.8 Å². The van der Waals surface area contributed by atoms with Gasteiger partial charge in [0.05, 0.1) is 11.9 Å². The molecular weight excluding hydrogens is 393 g/mol. The van der Waals surface area contributed by atoms with Crippen LogP contribution in [0.15, 0.2) is 40.5 Å². The second-order valence-electron chi connectivity index (χ2n) is 5.39. The second-order valence-corrected chi connectivity index (χ2v) is 7.61. The van der Waals surface area contributed by atoms with Gasteiger partial charge in [0.1, 0.15) is 10.5 Å². The molecule has 0 fully saturated rings. The normalized spacial score (nSPS) is 12.2. The Kier molecular flexibility index (Phi) is 5.88. The predicted molar refractivity (Wildman–Crippen MR) is 88.5 cm³/mol. The third-order valence-corrected chi connectivity index (χ3v) is 5.03. The number of nitrogens with one attached hydrogen (secondary N) is 2. The molecule has 2 N–H and O–H groups in total. The van der Waals surface area contributed by atoms with Crippen LogP contribution < -0.4 is 10.0 Å². The maximum absolute atomic E-state index is 13.2. The highest BCUT2D eigenvalue weighted by Crippen LogP contribution is 2.35. The molecule has 1 aromatic heterocycles. The van der Waals surface area contributed by atoms with Crippen LogP contribution in [0.2, 0.25) is 0 Å². The zero-order valence-electron chi connectivity index (χ0n) is 13.5. The number of alkyl halides is 3. The van der Waals surface area contributed by atoms with E-state index >= 15 is 0 Å². The number of sulfonamides is 1. The third-order valence-electron chi connectivity index (χ3n) is 2.97. The monoisotopic (exact) mass is 407 g/mol. The maximum Gasteiger partial charge on any atom is 0.550 e. The minimum atomic E-state index is -4.79. The van der Waals surface area contributed by atoms with Gasteiger partial charge in [0.15, 0.2) is 5.82 Å². The summed E-state index contributed by atoms with van der Waals surface area (Å²) in [7, 11) is -3.98. The van der Waals surface area contributed by atoms with Crippen molar-refractivity contribution >= 4 is 33.2 Å². The number of hydrogen-bond donors (Lipinski definition) is 2. The molecule has 1 heterocycles. The summed E-state index contributed by atoms with van der Waals surface area (Å²) in [6, 6.07) is 5.01. The highest BCUT2D eigenvalue weighted by Gasteiger charge is 2.37. The molecule has 0 unspecified atom stereocenters. The molecule has 0 radical (unpaired) electrons. The van der Waals surface area contributed by atoms with E-state index in [-0.39, 0.29) is 22.2 Å². The zero-order valence-corrected chi connectivity index (χ0v) is 15.2. The van der Waals surface area contributed by atoms with Gasteiger partial charge in [-0.1, -0.05) is 12.1 Å². The van der Waals surface area contributed by atoms with Crippen LogP contribution in [-0.2, 0) is 32.1 Å². The molecule has 0 aliphatic heterocycles. The Bertz CT molecular complexity index is 918. The first-order chi connectivity index (χ1) is 12.0. The van der Waals surface area contributed by atoms with Crippen LogP contribution >= 0.6 is 0 Å². The molecule has 0 spiro atoms. The Morgan fingerprint density at radius 2 is 1.85 bits per heavy atom. The lowest BCUT2D eigenvalue weighted by Gasteiger charge is -2.16. The number of nitrogens with zero attached hydrogens (tertiary/aromatic N) is 2. The van der Waals surface area contributed by atoms with E-state index in [0.717, 1.165) is 0 Å². The topological polar surface area (TPSA) is 101 Å². The quantitative estimate of drug-likeness (QED) is 0.564. The Morgan fingerprint density at radius 1 is 1.19 bits per heavy atom. The molecule has 2 aromatic rings. The van der Waals surface area contributed by atoms with E-state index in [1.54, 1.807) is 13.8 Å². The van der Waals surface area contributed by atoms with E-state index in [1.165, 1.54) is 24.3 Å². The highest BCUT2D eigenvalue weighted by molar-refractivity contribution is 7.89. The van der Waals surface area contributed by atoms with E-state index in [1.807, 2.05) is 0 Å². The standard InChI is InChI=1S/C14H14F3N4O3S2/c1-8(2)21-26(23,24)11-6-4-3-5-10(11)19-12-9(14(15,16)17)7-18-13(20-12)25-22/h3-8,21H,1-2H3,(H,18,19,20)/q+1. The van der Waals surface area contributed by atoms with Gasteiger partial charge in [-0.3, -0.25) is 0 Å². The van der Waals surface area contributed by atoms with Gasteiger partial charge in [-0.15, -0.1) is 0 Å². The van der Waals surface area contributed by atoms with Crippen LogP contribution in [0.5, 0.6) is 0 Å². The summed E-state index contributed by atoms with van der Waals surface area (Å²) in [6.45, 7) is 3.22. The molecule has 0 aliphatic rings. The lowest BCUT2D eigenvalue weighted by Crippen LogP contribution is -2.30. The van der Waals surface area contributed by atoms with Crippen molar-refractivity contribution in [3.63, 3.8) is 0 Å². The number of halogens is 3. The number of para-hydroxylation sites is 1. The summed E-state index contributed by atoms with van der Waals surface area (Å²) in [4.78, 5) is 6.60. The minimum Gasteiger partial charge on any atom is -0.338 e. The van der Waals surface area contributed by atoms with E-state index in [9.17, 15) is 25.8 Å². The molecule has 12 heteroatoms. The van der Waals surface area contributed by atoms with Crippen LogP contribution in [0.3, 0.4) is 0 Å². The van der Waals surface area contributed by atoms with Crippen LogP contribution in [0.25, 0.3) is 0 Å². The van der Waals surface area contributed by atoms with Gasteiger partial charge in [0, 0.05) is 10.3 Å². The summed E-state index contributed by atoms with van der Waals surface area (Å²) < 4.78 is 77.4. The minimum absolute atomic E-state index is 0.119. The largest absolute Gasteiger partial charge is 0.550 e. The van der Waals surface area contributed by atoms with Crippen molar-refractivity contribution in [3.05, 3.63) is 36.0 Å². The van der Waals surface area contributed by atoms with Crippen molar-refractivity contribution in [3.8, 4) is 0 Å². The first-order valence-electron chi connectivity index (χ1n) is 7.17. The fourth-order valence-electron chi connectivity index (χ4n) is 2.01. The molecule has 0 amide bonds. The summed E-state index contributed by atoms with van der Waals surface area (Å²) >= 11 is -0.179. The van der Waals surface area contributed by atoms with Gasteiger partial charge in [-0.05, 0) is 26.0 Å². The Morgan fingerprint density at radius 3 is 2.42 bits per heavy atom. The Balaban J connectivity index is 2.55. The number of rotatable bonds is 6. The lowest BCUT2D eigenvalue weighted by atomic mass is 10.2. The molecule has 7 nitrogen and oxygen atoms in total. The van der Waals surface area contributed by atoms with Crippen molar-refractivity contribution in [1.82, 2.24) is 14.7 Å². The van der Waals surface area contributed by atoms with Crippen molar-refractivity contribution in [1.29, 1.82) is 0 Å². The number of anilines is 2. The van der Waals surface area contributed by atoms with Crippen molar-refractivity contribution in [2.24, 2.45) is 0 Å². The molecule has 0 bridgehead atoms. The van der Waals surface area contributed by atoms with Gasteiger partial charge in [0.2, 0.25) is 10.0 Å². The smallest absolute Gasteiger partial charge is 0.338 e. The number of hydrogen-bond acceptors (Lipinski definition) is 6. The van der Waals surface area contributed by atoms with E-state index in [4.69, 9.17) is 0 Å². The molecule has 2 rings (SSSR count). The highest BCUT2D eigenvalue weighted by atomic mass is 32.2. The van der Waals surface area contributed by atoms with E-state index < -0.39 is 38.8 Å². The van der Waals surface area contributed by atoms with Gasteiger partial charge < -0.3 is 5.32 Å². The lowest BCUT2D eigenvalue weighted by molar-refractivity contribution is -0.137. The second kappa shape index (κ2) is 7.60. The van der Waals surface area contributed by atoms with Gasteiger partial charge in [-0.2, -0.15) is 23.1 Å². The van der Waals surface area contributed by atoms with Gasteiger partial charge >= 0.3 is 23.0 Å². The molecule has 0 aliphatic carbocycles. The molecule has 26 heavy (non-hydrogen) atoms. The molecule has 0 saturated heterocycles. The van der Waals surface area contributed by atoms with E-state index in [2.05, 4.69) is 20.0 Å². The summed E-state index contributed by atoms with van der Waals surface area (Å²) in [5.41, 5.74) is -1.34. The maximum atomic E-state index is 13.2. The molecule has 1 aromatic carbocycles. The summed E-state index contributed by atoms with van der Waals surface area (Å²) in [5.74, 6) is -0.710. The van der Waals surface area contributed by atoms with Gasteiger partial charge in [-0.25, -0.2) is 13.1 Å². The molecule has 0 atom stereocenters. The average molecular weight is 407 g/mol. The van der Waals surface area contributed by atoms with E-state index in [0.29, 0.717) is 6.20 Å². The van der Waals surface area contributed by atoms with Crippen LogP contribution in [-0.4, -0.2) is 24.4 Å².